The Balaban J connectivity index is 3.01. The molecule has 1 aromatic rings. The Morgan fingerprint density at radius 2 is 2.04 bits per heavy atom. The molecule has 1 rings (SSSR count). The summed E-state index contributed by atoms with van der Waals surface area (Å²) in [5, 5.41) is 30.7. The van der Waals surface area contributed by atoms with Gasteiger partial charge in [0.05, 0.1) is 23.6 Å². The molecule has 0 spiro atoms. The normalized spacial score (nSPS) is 12.6. The van der Waals surface area contributed by atoms with Crippen molar-refractivity contribution in [2.24, 2.45) is 0 Å². The van der Waals surface area contributed by atoms with Crippen LogP contribution in [0.5, 0.6) is 0 Å². The molecule has 8 nitrogen and oxygen atoms in total. The number of hydrogen-bond donors (Lipinski definition) is 2. The van der Waals surface area contributed by atoms with E-state index in [1.807, 2.05) is 0 Å². The second-order valence-corrected chi connectivity index (χ2v) is 6.44. The van der Waals surface area contributed by atoms with Crippen LogP contribution in [-0.2, 0) is 4.74 Å². The van der Waals surface area contributed by atoms with Crippen molar-refractivity contribution >= 4 is 11.8 Å². The molecule has 0 aliphatic carbocycles. The number of rotatable bonds is 6. The SMILES string of the molecule is Cc1cccc(C(O)CN(CCO)C(=O)OC(C)(C)C)c1[N+](=O)[O-]. The highest BCUT2D eigenvalue weighted by Gasteiger charge is 2.28. The quantitative estimate of drug-likeness (QED) is 0.606. The lowest BCUT2D eigenvalue weighted by atomic mass is 10.0. The molecule has 0 bridgehead atoms. The smallest absolute Gasteiger partial charge is 0.410 e. The number of aryl methyl sites for hydroxylation is 1. The van der Waals surface area contributed by atoms with Crippen LogP contribution in [0.2, 0.25) is 0 Å². The maximum atomic E-state index is 12.1. The molecule has 0 saturated heterocycles. The third-order valence-electron chi connectivity index (χ3n) is 3.23. The largest absolute Gasteiger partial charge is 0.444 e. The predicted molar refractivity (Wildman–Crippen MR) is 87.7 cm³/mol. The van der Waals surface area contributed by atoms with Gasteiger partial charge in [0.2, 0.25) is 0 Å². The molecule has 0 saturated carbocycles. The van der Waals surface area contributed by atoms with E-state index in [4.69, 9.17) is 9.84 Å². The van der Waals surface area contributed by atoms with Gasteiger partial charge in [-0.2, -0.15) is 0 Å². The van der Waals surface area contributed by atoms with Gasteiger partial charge in [0, 0.05) is 12.1 Å². The third-order valence-corrected chi connectivity index (χ3v) is 3.23. The van der Waals surface area contributed by atoms with Crippen molar-refractivity contribution in [3.05, 3.63) is 39.4 Å². The molecule has 1 unspecified atom stereocenters. The van der Waals surface area contributed by atoms with Crippen molar-refractivity contribution < 1.29 is 24.7 Å². The van der Waals surface area contributed by atoms with Crippen LogP contribution < -0.4 is 0 Å². The average Bonchev–Trinajstić information content (AvgIpc) is 2.44. The van der Waals surface area contributed by atoms with Crippen molar-refractivity contribution in [1.82, 2.24) is 4.90 Å². The molecule has 0 heterocycles. The van der Waals surface area contributed by atoms with Gasteiger partial charge in [-0.3, -0.25) is 10.1 Å². The number of ether oxygens (including phenoxy) is 1. The van der Waals surface area contributed by atoms with Crippen molar-refractivity contribution in [2.45, 2.75) is 39.4 Å². The Morgan fingerprint density at radius 1 is 1.42 bits per heavy atom. The van der Waals surface area contributed by atoms with Crippen molar-refractivity contribution in [2.75, 3.05) is 19.7 Å². The average molecular weight is 340 g/mol. The fraction of sp³-hybridized carbons (Fsp3) is 0.562. The summed E-state index contributed by atoms with van der Waals surface area (Å²) in [6.07, 6.45) is -1.98. The number of aliphatic hydroxyl groups excluding tert-OH is 2. The van der Waals surface area contributed by atoms with E-state index < -0.39 is 22.7 Å². The first kappa shape index (κ1) is 19.9. The summed E-state index contributed by atoms with van der Waals surface area (Å²) in [6.45, 7) is 6.08. The topological polar surface area (TPSA) is 113 Å². The van der Waals surface area contributed by atoms with Crippen molar-refractivity contribution in [3.63, 3.8) is 0 Å². The van der Waals surface area contributed by atoms with Crippen LogP contribution >= 0.6 is 0 Å². The van der Waals surface area contributed by atoms with Gasteiger partial charge in [-0.25, -0.2) is 4.79 Å². The standard InChI is InChI=1S/C16H24N2O6/c1-11-6-5-7-12(14(11)18(22)23)13(20)10-17(8-9-19)15(21)24-16(2,3)4/h5-7,13,19-20H,8-10H2,1-4H3. The van der Waals surface area contributed by atoms with Gasteiger partial charge in [0.1, 0.15) is 11.7 Å². The second kappa shape index (κ2) is 8.07. The third kappa shape index (κ3) is 5.47. The van der Waals surface area contributed by atoms with E-state index in [0.717, 1.165) is 4.90 Å². The van der Waals surface area contributed by atoms with Crippen molar-refractivity contribution in [3.8, 4) is 0 Å². The zero-order chi connectivity index (χ0) is 18.5. The van der Waals surface area contributed by atoms with Gasteiger partial charge in [-0.05, 0) is 33.8 Å². The van der Waals surface area contributed by atoms with E-state index in [9.17, 15) is 20.0 Å². The van der Waals surface area contributed by atoms with Crippen LogP contribution in [0.1, 0.15) is 38.0 Å². The lowest BCUT2D eigenvalue weighted by Crippen LogP contribution is -2.40. The first-order chi connectivity index (χ1) is 11.1. The van der Waals surface area contributed by atoms with Crippen LogP contribution in [0, 0.1) is 17.0 Å². The maximum Gasteiger partial charge on any atom is 0.410 e. The molecule has 134 valence electrons. The lowest BCUT2D eigenvalue weighted by molar-refractivity contribution is -0.386. The Labute approximate surface area is 140 Å². The van der Waals surface area contributed by atoms with E-state index in [2.05, 4.69) is 0 Å². The van der Waals surface area contributed by atoms with E-state index >= 15 is 0 Å². The van der Waals surface area contributed by atoms with Crippen LogP contribution in [0.4, 0.5) is 10.5 Å². The zero-order valence-electron chi connectivity index (χ0n) is 14.4. The Bertz CT molecular complexity index is 597. The van der Waals surface area contributed by atoms with E-state index in [1.165, 1.54) is 6.07 Å². The molecule has 24 heavy (non-hydrogen) atoms. The minimum Gasteiger partial charge on any atom is -0.444 e. The highest BCUT2D eigenvalue weighted by atomic mass is 16.6. The number of nitro benzene ring substituents is 1. The molecule has 0 aliphatic heterocycles. The summed E-state index contributed by atoms with van der Waals surface area (Å²) in [4.78, 5) is 23.9. The highest BCUT2D eigenvalue weighted by Crippen LogP contribution is 2.29. The van der Waals surface area contributed by atoms with E-state index in [0.29, 0.717) is 5.56 Å². The molecule has 0 fully saturated rings. The molecule has 1 atom stereocenters. The van der Waals surface area contributed by atoms with Crippen molar-refractivity contribution in [1.29, 1.82) is 0 Å². The lowest BCUT2D eigenvalue weighted by Gasteiger charge is -2.28. The van der Waals surface area contributed by atoms with Gasteiger partial charge < -0.3 is 19.8 Å². The fourth-order valence-corrected chi connectivity index (χ4v) is 2.21. The number of aliphatic hydroxyl groups is 2. The monoisotopic (exact) mass is 340 g/mol. The van der Waals surface area contributed by atoms with E-state index in [-0.39, 0.29) is 30.9 Å². The summed E-state index contributed by atoms with van der Waals surface area (Å²) in [5.74, 6) is 0. The molecule has 8 heteroatoms. The molecule has 0 aliphatic rings. The summed E-state index contributed by atoms with van der Waals surface area (Å²) >= 11 is 0. The Hall–Kier alpha value is -2.19. The predicted octanol–water partition coefficient (Wildman–Crippen LogP) is 2.17. The number of para-hydroxylation sites is 1. The van der Waals surface area contributed by atoms with Gasteiger partial charge in [0.15, 0.2) is 0 Å². The van der Waals surface area contributed by atoms with Crippen LogP contribution in [0.3, 0.4) is 0 Å². The number of amides is 1. The first-order valence-corrected chi connectivity index (χ1v) is 7.57. The number of nitro groups is 1. The number of hydrogen-bond acceptors (Lipinski definition) is 6. The van der Waals surface area contributed by atoms with E-state index in [1.54, 1.807) is 39.8 Å². The Morgan fingerprint density at radius 3 is 2.54 bits per heavy atom. The number of benzene rings is 1. The van der Waals surface area contributed by atoms with Gasteiger partial charge in [-0.1, -0.05) is 12.1 Å². The Kier molecular flexibility index (Phi) is 6.68. The summed E-state index contributed by atoms with van der Waals surface area (Å²) in [5.41, 5.74) is -0.377. The molecular weight excluding hydrogens is 316 g/mol. The van der Waals surface area contributed by atoms with Gasteiger partial charge in [0.25, 0.3) is 5.69 Å². The summed E-state index contributed by atoms with van der Waals surface area (Å²) < 4.78 is 5.22. The molecular formula is C16H24N2O6. The zero-order valence-corrected chi connectivity index (χ0v) is 14.4. The molecule has 0 radical (unpaired) electrons. The van der Waals surface area contributed by atoms with Crippen LogP contribution in [0.15, 0.2) is 18.2 Å². The number of carbonyl (C=O) groups is 1. The summed E-state index contributed by atoms with van der Waals surface area (Å²) in [6, 6.07) is 4.63. The molecule has 2 N–H and O–H groups in total. The summed E-state index contributed by atoms with van der Waals surface area (Å²) in [7, 11) is 0. The fourth-order valence-electron chi connectivity index (χ4n) is 2.21. The van der Waals surface area contributed by atoms with Crippen LogP contribution in [0.25, 0.3) is 0 Å². The minimum atomic E-state index is -1.27. The number of nitrogens with zero attached hydrogens (tertiary/aromatic N) is 2. The highest BCUT2D eigenvalue weighted by molar-refractivity contribution is 5.68. The molecule has 1 amide bonds. The van der Waals surface area contributed by atoms with Crippen LogP contribution in [-0.4, -0.2) is 51.4 Å². The maximum absolute atomic E-state index is 12.1. The minimum absolute atomic E-state index is 0.0500. The van der Waals surface area contributed by atoms with Gasteiger partial charge >= 0.3 is 6.09 Å². The van der Waals surface area contributed by atoms with Gasteiger partial charge in [-0.15, -0.1) is 0 Å². The molecule has 0 aromatic heterocycles. The molecule has 1 aromatic carbocycles. The second-order valence-electron chi connectivity index (χ2n) is 6.44. The number of carbonyl (C=O) groups excluding carboxylic acids is 1. The first-order valence-electron chi connectivity index (χ1n) is 7.57.